The lowest BCUT2D eigenvalue weighted by atomic mass is 9.89. The number of amides is 1. The first-order chi connectivity index (χ1) is 8.27. The molecule has 3 nitrogen and oxygen atoms in total. The molecule has 1 amide bonds. The summed E-state index contributed by atoms with van der Waals surface area (Å²) in [5.41, 5.74) is 5.45. The molecular weight excluding hydrogens is 251 g/mol. The average Bonchev–Trinajstić information content (AvgIpc) is 2.31. The summed E-state index contributed by atoms with van der Waals surface area (Å²) in [6.07, 6.45) is 0.672. The van der Waals surface area contributed by atoms with Crippen molar-refractivity contribution in [2.45, 2.75) is 27.2 Å². The number of carbonyl (C=O) groups is 1. The zero-order valence-electron chi connectivity index (χ0n) is 10.7. The number of halogens is 1. The number of anilines is 1. The van der Waals surface area contributed by atoms with Crippen molar-refractivity contribution in [2.24, 2.45) is 11.1 Å². The molecule has 0 aliphatic heterocycles. The maximum atomic E-state index is 13.7. The van der Waals surface area contributed by atoms with Crippen LogP contribution < -0.4 is 11.1 Å². The van der Waals surface area contributed by atoms with Crippen LogP contribution >= 0.6 is 12.2 Å². The van der Waals surface area contributed by atoms with Gasteiger partial charge in [-0.1, -0.05) is 33.0 Å². The van der Waals surface area contributed by atoms with Crippen molar-refractivity contribution in [2.75, 3.05) is 5.32 Å². The van der Waals surface area contributed by atoms with Crippen molar-refractivity contribution in [3.05, 3.63) is 29.6 Å². The van der Waals surface area contributed by atoms with Gasteiger partial charge in [0.2, 0.25) is 5.91 Å². The highest BCUT2D eigenvalue weighted by molar-refractivity contribution is 7.80. The molecule has 0 radical (unpaired) electrons. The van der Waals surface area contributed by atoms with Crippen LogP contribution in [-0.4, -0.2) is 10.9 Å². The van der Waals surface area contributed by atoms with E-state index in [1.165, 1.54) is 12.1 Å². The Morgan fingerprint density at radius 2 is 2.11 bits per heavy atom. The summed E-state index contributed by atoms with van der Waals surface area (Å²) in [4.78, 5) is 12.0. The molecule has 0 spiro atoms. The Hall–Kier alpha value is -1.49. The number of carbonyl (C=O) groups excluding carboxylic acids is 1. The van der Waals surface area contributed by atoms with E-state index in [1.807, 2.05) is 20.8 Å². The molecule has 3 N–H and O–H groups in total. The van der Waals surface area contributed by atoms with E-state index in [9.17, 15) is 9.18 Å². The fourth-order valence-electron chi connectivity index (χ4n) is 1.22. The SMILES string of the molecule is CCC(C)(C)C(=O)Nc1ccc(C(N)=S)cc1F. The minimum absolute atomic E-state index is 0.126. The van der Waals surface area contributed by atoms with Crippen LogP contribution in [0, 0.1) is 11.2 Å². The quantitative estimate of drug-likeness (QED) is 0.826. The van der Waals surface area contributed by atoms with Crippen molar-refractivity contribution in [1.29, 1.82) is 0 Å². The Labute approximate surface area is 112 Å². The molecule has 0 aliphatic carbocycles. The summed E-state index contributed by atoms with van der Waals surface area (Å²) in [6.45, 7) is 5.53. The normalized spacial score (nSPS) is 11.1. The summed E-state index contributed by atoms with van der Waals surface area (Å²) >= 11 is 4.75. The van der Waals surface area contributed by atoms with Crippen molar-refractivity contribution in [1.82, 2.24) is 0 Å². The largest absolute Gasteiger partial charge is 0.389 e. The highest BCUT2D eigenvalue weighted by atomic mass is 32.1. The predicted molar refractivity (Wildman–Crippen MR) is 75.0 cm³/mol. The Morgan fingerprint density at radius 1 is 1.50 bits per heavy atom. The number of rotatable bonds is 4. The second-order valence-electron chi connectivity index (χ2n) is 4.75. The molecule has 0 aromatic heterocycles. The van der Waals surface area contributed by atoms with E-state index < -0.39 is 11.2 Å². The summed E-state index contributed by atoms with van der Waals surface area (Å²) in [5, 5.41) is 2.57. The molecule has 0 unspecified atom stereocenters. The van der Waals surface area contributed by atoms with Crippen LogP contribution in [0.2, 0.25) is 0 Å². The molecule has 0 saturated carbocycles. The number of nitrogens with one attached hydrogen (secondary N) is 1. The molecule has 0 bridgehead atoms. The topological polar surface area (TPSA) is 55.1 Å². The molecule has 0 heterocycles. The molecular formula is C13H17FN2OS. The molecule has 1 aromatic rings. The van der Waals surface area contributed by atoms with E-state index in [-0.39, 0.29) is 16.6 Å². The zero-order valence-corrected chi connectivity index (χ0v) is 11.5. The molecule has 5 heteroatoms. The number of benzene rings is 1. The van der Waals surface area contributed by atoms with Crippen LogP contribution in [0.25, 0.3) is 0 Å². The highest BCUT2D eigenvalue weighted by Crippen LogP contribution is 2.23. The van der Waals surface area contributed by atoms with Gasteiger partial charge in [0.15, 0.2) is 0 Å². The van der Waals surface area contributed by atoms with Crippen LogP contribution in [0.4, 0.5) is 10.1 Å². The van der Waals surface area contributed by atoms with Gasteiger partial charge in [0.25, 0.3) is 0 Å². The number of hydrogen-bond donors (Lipinski definition) is 2. The first kappa shape index (κ1) is 14.6. The smallest absolute Gasteiger partial charge is 0.230 e. The van der Waals surface area contributed by atoms with Gasteiger partial charge < -0.3 is 11.1 Å². The summed E-state index contributed by atoms with van der Waals surface area (Å²) < 4.78 is 13.7. The van der Waals surface area contributed by atoms with E-state index in [0.717, 1.165) is 0 Å². The Kier molecular flexibility index (Phi) is 4.40. The maximum Gasteiger partial charge on any atom is 0.230 e. The second kappa shape index (κ2) is 5.44. The number of hydrogen-bond acceptors (Lipinski definition) is 2. The highest BCUT2D eigenvalue weighted by Gasteiger charge is 2.25. The molecule has 0 fully saturated rings. The zero-order chi connectivity index (χ0) is 13.9. The van der Waals surface area contributed by atoms with Crippen molar-refractivity contribution in [3.63, 3.8) is 0 Å². The van der Waals surface area contributed by atoms with Gasteiger partial charge in [-0.3, -0.25) is 4.79 Å². The van der Waals surface area contributed by atoms with Gasteiger partial charge >= 0.3 is 0 Å². The van der Waals surface area contributed by atoms with E-state index in [1.54, 1.807) is 6.07 Å². The summed E-state index contributed by atoms with van der Waals surface area (Å²) in [7, 11) is 0. The monoisotopic (exact) mass is 268 g/mol. The molecule has 18 heavy (non-hydrogen) atoms. The molecule has 98 valence electrons. The van der Waals surface area contributed by atoms with E-state index in [4.69, 9.17) is 18.0 Å². The summed E-state index contributed by atoms with van der Waals surface area (Å²) in [5.74, 6) is -0.757. The van der Waals surface area contributed by atoms with Gasteiger partial charge in [0.1, 0.15) is 10.8 Å². The van der Waals surface area contributed by atoms with Crippen LogP contribution in [0.5, 0.6) is 0 Å². The number of nitrogens with two attached hydrogens (primary N) is 1. The van der Waals surface area contributed by atoms with Crippen LogP contribution in [0.3, 0.4) is 0 Å². The molecule has 0 saturated heterocycles. The predicted octanol–water partition coefficient (Wildman–Crippen LogP) is 2.83. The van der Waals surface area contributed by atoms with Crippen LogP contribution in [-0.2, 0) is 4.79 Å². The van der Waals surface area contributed by atoms with Crippen LogP contribution in [0.15, 0.2) is 18.2 Å². The summed E-state index contributed by atoms with van der Waals surface area (Å²) in [6, 6.07) is 4.27. The lowest BCUT2D eigenvalue weighted by molar-refractivity contribution is -0.124. The molecule has 0 atom stereocenters. The molecule has 1 aromatic carbocycles. The Morgan fingerprint density at radius 3 is 2.56 bits per heavy atom. The minimum Gasteiger partial charge on any atom is -0.389 e. The second-order valence-corrected chi connectivity index (χ2v) is 5.19. The fourth-order valence-corrected chi connectivity index (χ4v) is 1.35. The van der Waals surface area contributed by atoms with E-state index in [2.05, 4.69) is 5.32 Å². The van der Waals surface area contributed by atoms with Crippen molar-refractivity contribution in [3.8, 4) is 0 Å². The average molecular weight is 268 g/mol. The third-order valence-electron chi connectivity index (χ3n) is 3.00. The molecule has 0 aliphatic rings. The number of thiocarbonyl (C=S) groups is 1. The molecule has 1 rings (SSSR count). The van der Waals surface area contributed by atoms with Gasteiger partial charge in [0, 0.05) is 11.0 Å². The van der Waals surface area contributed by atoms with Gasteiger partial charge in [-0.05, 0) is 24.6 Å². The lowest BCUT2D eigenvalue weighted by Crippen LogP contribution is -2.30. The van der Waals surface area contributed by atoms with Crippen LogP contribution in [0.1, 0.15) is 32.8 Å². The Balaban J connectivity index is 2.93. The first-order valence-electron chi connectivity index (χ1n) is 5.68. The van der Waals surface area contributed by atoms with E-state index in [0.29, 0.717) is 12.0 Å². The van der Waals surface area contributed by atoms with E-state index >= 15 is 0 Å². The van der Waals surface area contributed by atoms with Gasteiger partial charge in [-0.15, -0.1) is 0 Å². The first-order valence-corrected chi connectivity index (χ1v) is 6.09. The standard InChI is InChI=1S/C13H17FN2OS/c1-4-13(2,3)12(17)16-10-6-5-8(11(15)18)7-9(10)14/h5-7H,4H2,1-3H3,(H2,15,18)(H,16,17). The Bertz CT molecular complexity index is 486. The van der Waals surface area contributed by atoms with Crippen molar-refractivity contribution < 1.29 is 9.18 Å². The third kappa shape index (κ3) is 3.26. The van der Waals surface area contributed by atoms with Crippen molar-refractivity contribution >= 4 is 28.8 Å². The van der Waals surface area contributed by atoms with Gasteiger partial charge in [0.05, 0.1) is 5.69 Å². The van der Waals surface area contributed by atoms with Gasteiger partial charge in [-0.2, -0.15) is 0 Å². The third-order valence-corrected chi connectivity index (χ3v) is 3.24. The maximum absolute atomic E-state index is 13.7. The minimum atomic E-state index is -0.541. The van der Waals surface area contributed by atoms with Gasteiger partial charge in [-0.25, -0.2) is 4.39 Å². The fraction of sp³-hybridized carbons (Fsp3) is 0.385. The lowest BCUT2D eigenvalue weighted by Gasteiger charge is -2.21.